The van der Waals surface area contributed by atoms with E-state index in [0.717, 1.165) is 12.8 Å². The standard InChI is InChI=1S/C22H31ClN2O6S/c1-14-7-9-24(10-8-14)21(26)17(4)31-22(27)18-5-6-19(23)20(11-18)32(28,29)25-12-15(2)30-16(3)13-25/h5-6,11,14-17H,7-10,12-13H2,1-4H3/t15-,16-,17-/m0/s1. The number of carbonyl (C=O) groups is 2. The van der Waals surface area contributed by atoms with Crippen molar-refractivity contribution in [2.24, 2.45) is 5.92 Å². The van der Waals surface area contributed by atoms with Gasteiger partial charge in [0.25, 0.3) is 5.91 Å². The summed E-state index contributed by atoms with van der Waals surface area (Å²) in [4.78, 5) is 26.9. The second kappa shape index (κ2) is 10.1. The second-order valence-electron chi connectivity index (χ2n) is 8.78. The molecule has 10 heteroatoms. The maximum absolute atomic E-state index is 13.2. The number of rotatable bonds is 5. The molecule has 8 nitrogen and oxygen atoms in total. The average molecular weight is 487 g/mol. The van der Waals surface area contributed by atoms with Crippen molar-refractivity contribution in [2.75, 3.05) is 26.2 Å². The number of halogens is 1. The highest BCUT2D eigenvalue weighted by molar-refractivity contribution is 7.89. The quantitative estimate of drug-likeness (QED) is 0.594. The average Bonchev–Trinajstić information content (AvgIpc) is 2.73. The van der Waals surface area contributed by atoms with Crippen LogP contribution in [0.15, 0.2) is 23.1 Å². The molecule has 0 aliphatic carbocycles. The lowest BCUT2D eigenvalue weighted by Gasteiger charge is -2.34. The zero-order valence-corrected chi connectivity index (χ0v) is 20.5. The number of sulfonamides is 1. The molecule has 2 aliphatic heterocycles. The molecule has 2 aliphatic rings. The molecule has 0 bridgehead atoms. The van der Waals surface area contributed by atoms with Crippen molar-refractivity contribution >= 4 is 33.5 Å². The number of benzene rings is 1. The first-order chi connectivity index (χ1) is 15.0. The van der Waals surface area contributed by atoms with Crippen LogP contribution in [-0.2, 0) is 24.3 Å². The maximum atomic E-state index is 13.2. The fraction of sp³-hybridized carbons (Fsp3) is 0.636. The summed E-state index contributed by atoms with van der Waals surface area (Å²) in [5, 5.41) is 0.0138. The van der Waals surface area contributed by atoms with Crippen LogP contribution in [0.4, 0.5) is 0 Å². The van der Waals surface area contributed by atoms with Crippen molar-refractivity contribution in [3.05, 3.63) is 28.8 Å². The van der Waals surface area contributed by atoms with E-state index in [2.05, 4.69) is 6.92 Å². The minimum Gasteiger partial charge on any atom is -0.449 e. The Morgan fingerprint density at radius 3 is 2.31 bits per heavy atom. The number of amides is 1. The Balaban J connectivity index is 1.74. The first-order valence-electron chi connectivity index (χ1n) is 10.9. The molecule has 3 atom stereocenters. The monoisotopic (exact) mass is 486 g/mol. The number of nitrogens with zero attached hydrogens (tertiary/aromatic N) is 2. The van der Waals surface area contributed by atoms with Crippen molar-refractivity contribution in [1.29, 1.82) is 0 Å². The lowest BCUT2D eigenvalue weighted by atomic mass is 9.99. The minimum atomic E-state index is -3.94. The van der Waals surface area contributed by atoms with E-state index in [1.54, 1.807) is 18.7 Å². The van der Waals surface area contributed by atoms with Crippen LogP contribution in [0.2, 0.25) is 5.02 Å². The molecule has 3 rings (SSSR count). The van der Waals surface area contributed by atoms with Crippen LogP contribution >= 0.6 is 11.6 Å². The van der Waals surface area contributed by atoms with Gasteiger partial charge in [0.05, 0.1) is 22.8 Å². The van der Waals surface area contributed by atoms with Crippen LogP contribution in [0.1, 0.15) is 50.9 Å². The molecule has 2 saturated heterocycles. The highest BCUT2D eigenvalue weighted by atomic mass is 35.5. The summed E-state index contributed by atoms with van der Waals surface area (Å²) in [6, 6.07) is 3.97. The van der Waals surface area contributed by atoms with Crippen LogP contribution < -0.4 is 0 Å². The van der Waals surface area contributed by atoms with Crippen LogP contribution in [-0.4, -0.2) is 74.0 Å². The van der Waals surface area contributed by atoms with Crippen molar-refractivity contribution in [1.82, 2.24) is 9.21 Å². The Hall–Kier alpha value is -1.68. The molecule has 1 amide bonds. The molecule has 2 fully saturated rings. The molecule has 32 heavy (non-hydrogen) atoms. The van der Waals surface area contributed by atoms with Gasteiger partial charge in [0, 0.05) is 26.2 Å². The van der Waals surface area contributed by atoms with Crippen LogP contribution in [0.25, 0.3) is 0 Å². The smallest absolute Gasteiger partial charge is 0.338 e. The zero-order chi connectivity index (χ0) is 23.6. The Bertz CT molecular complexity index is 951. The van der Waals surface area contributed by atoms with Crippen LogP contribution in [0.5, 0.6) is 0 Å². The molecular formula is C22H31ClN2O6S. The van der Waals surface area contributed by atoms with Crippen molar-refractivity contribution in [3.8, 4) is 0 Å². The van der Waals surface area contributed by atoms with E-state index in [4.69, 9.17) is 21.1 Å². The molecule has 0 spiro atoms. The number of morpholine rings is 1. The molecule has 0 radical (unpaired) electrons. The number of esters is 1. The number of piperidine rings is 1. The largest absolute Gasteiger partial charge is 0.449 e. The zero-order valence-electron chi connectivity index (χ0n) is 18.9. The molecule has 0 aromatic heterocycles. The lowest BCUT2D eigenvalue weighted by molar-refractivity contribution is -0.141. The van der Waals surface area contributed by atoms with E-state index in [1.807, 2.05) is 0 Å². The van der Waals surface area contributed by atoms with E-state index in [0.29, 0.717) is 19.0 Å². The first kappa shape index (κ1) is 25.0. The molecule has 0 N–H and O–H groups in total. The van der Waals surface area contributed by atoms with Crippen LogP contribution in [0, 0.1) is 5.92 Å². The second-order valence-corrected chi connectivity index (χ2v) is 11.1. The Morgan fingerprint density at radius 1 is 1.12 bits per heavy atom. The molecule has 2 heterocycles. The molecule has 1 aromatic carbocycles. The van der Waals surface area contributed by atoms with E-state index < -0.39 is 22.1 Å². The minimum absolute atomic E-state index is 0.0138. The maximum Gasteiger partial charge on any atom is 0.338 e. The van der Waals surface area contributed by atoms with E-state index in [9.17, 15) is 18.0 Å². The fourth-order valence-electron chi connectivity index (χ4n) is 4.06. The van der Waals surface area contributed by atoms with Gasteiger partial charge in [0.15, 0.2) is 6.10 Å². The number of hydrogen-bond acceptors (Lipinski definition) is 6. The van der Waals surface area contributed by atoms with Gasteiger partial charge in [-0.3, -0.25) is 4.79 Å². The van der Waals surface area contributed by atoms with Gasteiger partial charge in [-0.1, -0.05) is 18.5 Å². The number of likely N-dealkylation sites (tertiary alicyclic amines) is 1. The highest BCUT2D eigenvalue weighted by Gasteiger charge is 2.34. The van der Waals surface area contributed by atoms with Gasteiger partial charge >= 0.3 is 5.97 Å². The lowest BCUT2D eigenvalue weighted by Crippen LogP contribution is -2.48. The molecule has 0 unspecified atom stereocenters. The number of hydrogen-bond donors (Lipinski definition) is 0. The summed E-state index contributed by atoms with van der Waals surface area (Å²) in [6.07, 6.45) is 0.357. The Labute approximate surface area is 194 Å². The van der Waals surface area contributed by atoms with Gasteiger partial charge < -0.3 is 14.4 Å². The summed E-state index contributed by atoms with van der Waals surface area (Å²) in [5.74, 6) is -0.444. The van der Waals surface area contributed by atoms with Gasteiger partial charge in [-0.05, 0) is 57.7 Å². The van der Waals surface area contributed by atoms with E-state index in [1.165, 1.54) is 29.4 Å². The normalized spacial score (nSPS) is 24.2. The summed E-state index contributed by atoms with van der Waals surface area (Å²) in [6.45, 7) is 8.94. The van der Waals surface area contributed by atoms with E-state index >= 15 is 0 Å². The number of carbonyl (C=O) groups excluding carboxylic acids is 2. The first-order valence-corrected chi connectivity index (χ1v) is 12.8. The summed E-state index contributed by atoms with van der Waals surface area (Å²) < 4.78 is 38.7. The van der Waals surface area contributed by atoms with Crippen molar-refractivity contribution in [2.45, 2.75) is 63.7 Å². The van der Waals surface area contributed by atoms with Crippen molar-refractivity contribution in [3.63, 3.8) is 0 Å². The van der Waals surface area contributed by atoms with Gasteiger partial charge in [0.1, 0.15) is 4.90 Å². The van der Waals surface area contributed by atoms with Gasteiger partial charge in [-0.2, -0.15) is 4.31 Å². The molecule has 0 saturated carbocycles. The third kappa shape index (κ3) is 5.62. The van der Waals surface area contributed by atoms with Crippen LogP contribution in [0.3, 0.4) is 0 Å². The topological polar surface area (TPSA) is 93.2 Å². The van der Waals surface area contributed by atoms with Gasteiger partial charge in [-0.25, -0.2) is 13.2 Å². The predicted octanol–water partition coefficient (Wildman–Crippen LogP) is 2.94. The van der Waals surface area contributed by atoms with Gasteiger partial charge in [0.2, 0.25) is 10.0 Å². The highest BCUT2D eigenvalue weighted by Crippen LogP contribution is 2.28. The third-order valence-corrected chi connectivity index (χ3v) is 8.21. The van der Waals surface area contributed by atoms with E-state index in [-0.39, 0.29) is 46.7 Å². The third-order valence-electron chi connectivity index (χ3n) is 5.90. The molecule has 178 valence electrons. The SMILES string of the molecule is CC1CCN(C(=O)[C@H](C)OC(=O)c2ccc(Cl)c(S(=O)(=O)N3C[C@H](C)O[C@@H](C)C3)c2)CC1. The Morgan fingerprint density at radius 2 is 1.72 bits per heavy atom. The summed E-state index contributed by atoms with van der Waals surface area (Å²) >= 11 is 6.20. The predicted molar refractivity (Wildman–Crippen MR) is 120 cm³/mol. The molecule has 1 aromatic rings. The van der Waals surface area contributed by atoms with Crippen molar-refractivity contribution < 1.29 is 27.5 Å². The Kier molecular flexibility index (Phi) is 7.85. The van der Waals surface area contributed by atoms with Gasteiger partial charge in [-0.15, -0.1) is 0 Å². The molecular weight excluding hydrogens is 456 g/mol. The summed E-state index contributed by atoms with van der Waals surface area (Å²) in [5.41, 5.74) is 0.0225. The summed E-state index contributed by atoms with van der Waals surface area (Å²) in [7, 11) is -3.94. The fourth-order valence-corrected chi connectivity index (χ4v) is 6.15. The number of ether oxygens (including phenoxy) is 2.